The minimum Gasteiger partial charge on any atom is -0.505 e. The summed E-state index contributed by atoms with van der Waals surface area (Å²) in [5.41, 5.74) is 0.990. The average molecular weight is 424 g/mol. The van der Waals surface area contributed by atoms with E-state index < -0.39 is 5.78 Å². The summed E-state index contributed by atoms with van der Waals surface area (Å²) in [5.74, 6) is -1.48. The molecule has 0 aliphatic heterocycles. The van der Waals surface area contributed by atoms with Crippen LogP contribution in [0.3, 0.4) is 0 Å². The van der Waals surface area contributed by atoms with E-state index in [2.05, 4.69) is 31.4 Å². The molecule has 1 atom stereocenters. The average Bonchev–Trinajstić information content (AvgIpc) is 2.73. The molecule has 0 saturated carbocycles. The van der Waals surface area contributed by atoms with Gasteiger partial charge in [-0.05, 0) is 23.1 Å². The molecule has 0 bridgehead atoms. The second-order valence-corrected chi connectivity index (χ2v) is 8.44. The highest BCUT2D eigenvalue weighted by molar-refractivity contribution is 6.33. The predicted octanol–water partition coefficient (Wildman–Crippen LogP) is 3.49. The number of aldehydes is 1. The second kappa shape index (κ2) is 9.93. The van der Waals surface area contributed by atoms with Gasteiger partial charge in [0.2, 0.25) is 5.78 Å². The summed E-state index contributed by atoms with van der Waals surface area (Å²) in [6, 6.07) is 14.2. The largest absolute Gasteiger partial charge is 0.505 e. The molecule has 0 aliphatic carbocycles. The first kappa shape index (κ1) is 23.7. The van der Waals surface area contributed by atoms with Crippen molar-refractivity contribution in [2.45, 2.75) is 26.8 Å². The molecule has 2 rings (SSSR count). The molecule has 0 radical (unpaired) electrons. The second-order valence-electron chi connectivity index (χ2n) is 8.44. The number of hydrogen-bond donors (Lipinski definition) is 3. The Balaban J connectivity index is 2.40. The van der Waals surface area contributed by atoms with Crippen LogP contribution in [-0.2, 0) is 9.59 Å². The van der Waals surface area contributed by atoms with Gasteiger partial charge in [-0.2, -0.15) is 0 Å². The fraction of sp³-hybridized carbons (Fsp3) is 0.292. The van der Waals surface area contributed by atoms with E-state index in [-0.39, 0.29) is 46.3 Å². The molecular weight excluding hydrogens is 394 g/mol. The summed E-state index contributed by atoms with van der Waals surface area (Å²) in [5, 5.41) is 16.6. The van der Waals surface area contributed by atoms with Gasteiger partial charge in [0.1, 0.15) is 5.70 Å². The van der Waals surface area contributed by atoms with Crippen molar-refractivity contribution in [1.29, 1.82) is 0 Å². The fourth-order valence-corrected chi connectivity index (χ4v) is 3.09. The molecule has 1 amide bonds. The van der Waals surface area contributed by atoms with E-state index in [9.17, 15) is 19.5 Å². The van der Waals surface area contributed by atoms with Gasteiger partial charge in [-0.3, -0.25) is 14.4 Å². The molecule has 0 fully saturated rings. The SMILES string of the molecule is CN(C)C(=O)c1cccc(N/C(=C\N[C@@H](c2ccccc2)C(C)(C)C)C(=O)C=O)c1O. The monoisotopic (exact) mass is 423 g/mol. The number of hydrogen-bond acceptors (Lipinski definition) is 6. The van der Waals surface area contributed by atoms with Gasteiger partial charge in [-0.1, -0.05) is 57.2 Å². The van der Waals surface area contributed by atoms with Gasteiger partial charge < -0.3 is 20.6 Å². The molecular formula is C24H29N3O4. The van der Waals surface area contributed by atoms with Gasteiger partial charge in [0, 0.05) is 20.3 Å². The van der Waals surface area contributed by atoms with Crippen LogP contribution in [0.1, 0.15) is 42.7 Å². The number of aromatic hydroxyl groups is 1. The van der Waals surface area contributed by atoms with Crippen molar-refractivity contribution in [2.24, 2.45) is 5.41 Å². The van der Waals surface area contributed by atoms with Crippen LogP contribution < -0.4 is 10.6 Å². The predicted molar refractivity (Wildman–Crippen MR) is 121 cm³/mol. The van der Waals surface area contributed by atoms with E-state index in [0.717, 1.165) is 5.56 Å². The lowest BCUT2D eigenvalue weighted by Crippen LogP contribution is -2.30. The Morgan fingerprint density at radius 1 is 1.03 bits per heavy atom. The van der Waals surface area contributed by atoms with E-state index >= 15 is 0 Å². The van der Waals surface area contributed by atoms with Gasteiger partial charge in [-0.25, -0.2) is 0 Å². The third-order valence-corrected chi connectivity index (χ3v) is 4.71. The first-order chi connectivity index (χ1) is 14.6. The third-order valence-electron chi connectivity index (χ3n) is 4.71. The molecule has 2 aromatic rings. The lowest BCUT2D eigenvalue weighted by molar-refractivity contribution is -0.127. The van der Waals surface area contributed by atoms with Crippen LogP contribution in [0.4, 0.5) is 5.69 Å². The van der Waals surface area contributed by atoms with Crippen molar-refractivity contribution in [3.63, 3.8) is 0 Å². The molecule has 0 aliphatic rings. The number of nitrogens with one attached hydrogen (secondary N) is 2. The zero-order valence-corrected chi connectivity index (χ0v) is 18.5. The Morgan fingerprint density at radius 2 is 1.68 bits per heavy atom. The Bertz CT molecular complexity index is 976. The molecule has 0 unspecified atom stereocenters. The topological polar surface area (TPSA) is 98.7 Å². The molecule has 164 valence electrons. The van der Waals surface area contributed by atoms with Crippen molar-refractivity contribution in [3.8, 4) is 5.75 Å². The molecule has 7 nitrogen and oxygen atoms in total. The number of ketones is 1. The minimum absolute atomic E-state index is 0.0510. The van der Waals surface area contributed by atoms with E-state index in [0.29, 0.717) is 0 Å². The van der Waals surface area contributed by atoms with Crippen molar-refractivity contribution < 1.29 is 19.5 Å². The van der Waals surface area contributed by atoms with Gasteiger partial charge in [-0.15, -0.1) is 0 Å². The quantitative estimate of drug-likeness (QED) is 0.260. The molecule has 2 aromatic carbocycles. The fourth-order valence-electron chi connectivity index (χ4n) is 3.09. The zero-order valence-electron chi connectivity index (χ0n) is 18.5. The summed E-state index contributed by atoms with van der Waals surface area (Å²) < 4.78 is 0. The summed E-state index contributed by atoms with van der Waals surface area (Å²) >= 11 is 0. The molecule has 31 heavy (non-hydrogen) atoms. The standard InChI is InChI=1S/C24H29N3O4/c1-24(2,3)22(16-10-7-6-8-11-16)25-14-19(20(29)15-28)26-18-13-9-12-17(21(18)30)23(31)27(4)5/h6-15,22,25-26,30H,1-5H3/b19-14-/t22-/m0/s1. The third kappa shape index (κ3) is 5.94. The maximum atomic E-state index is 12.3. The van der Waals surface area contributed by atoms with Crippen LogP contribution in [0.5, 0.6) is 5.75 Å². The van der Waals surface area contributed by atoms with Crippen molar-refractivity contribution in [2.75, 3.05) is 19.4 Å². The number of Topliss-reactive ketones (excluding diaryl/α,β-unsaturated/α-hetero) is 1. The highest BCUT2D eigenvalue weighted by atomic mass is 16.3. The number of rotatable bonds is 8. The summed E-state index contributed by atoms with van der Waals surface area (Å²) in [6.45, 7) is 6.17. The van der Waals surface area contributed by atoms with Crippen LogP contribution >= 0.6 is 0 Å². The maximum absolute atomic E-state index is 12.3. The Kier molecular flexibility index (Phi) is 7.58. The van der Waals surface area contributed by atoms with Crippen molar-refractivity contribution >= 4 is 23.7 Å². The van der Waals surface area contributed by atoms with E-state index in [1.165, 1.54) is 23.2 Å². The number of carbonyl (C=O) groups excluding carboxylic acids is 3. The minimum atomic E-state index is -0.794. The van der Waals surface area contributed by atoms with Crippen molar-refractivity contribution in [1.82, 2.24) is 10.2 Å². The number of nitrogens with zero attached hydrogens (tertiary/aromatic N) is 1. The smallest absolute Gasteiger partial charge is 0.257 e. The lowest BCUT2D eigenvalue weighted by atomic mass is 9.82. The molecule has 0 spiro atoms. The number of amides is 1. The van der Waals surface area contributed by atoms with E-state index in [1.54, 1.807) is 20.2 Å². The van der Waals surface area contributed by atoms with Crippen LogP contribution in [-0.4, -0.2) is 42.1 Å². The van der Waals surface area contributed by atoms with Crippen LogP contribution in [0.15, 0.2) is 60.4 Å². The Hall–Kier alpha value is -3.61. The number of allylic oxidation sites excluding steroid dienone is 1. The van der Waals surface area contributed by atoms with Crippen molar-refractivity contribution in [3.05, 3.63) is 71.6 Å². The van der Waals surface area contributed by atoms with Gasteiger partial charge >= 0.3 is 0 Å². The molecule has 3 N–H and O–H groups in total. The number of phenolic OH excluding ortho intramolecular Hbond substituents is 1. The van der Waals surface area contributed by atoms with Crippen LogP contribution in [0.2, 0.25) is 0 Å². The van der Waals surface area contributed by atoms with Gasteiger partial charge in [0.25, 0.3) is 5.91 Å². The first-order valence-electron chi connectivity index (χ1n) is 9.87. The Labute approximate surface area is 182 Å². The highest BCUT2D eigenvalue weighted by Crippen LogP contribution is 2.33. The summed E-state index contributed by atoms with van der Waals surface area (Å²) in [6.07, 6.45) is 1.63. The number of anilines is 1. The van der Waals surface area contributed by atoms with E-state index in [1.807, 2.05) is 30.3 Å². The maximum Gasteiger partial charge on any atom is 0.257 e. The first-order valence-corrected chi connectivity index (χ1v) is 9.87. The van der Waals surface area contributed by atoms with E-state index in [4.69, 9.17) is 0 Å². The zero-order chi connectivity index (χ0) is 23.2. The normalized spacial score (nSPS) is 12.6. The lowest BCUT2D eigenvalue weighted by Gasteiger charge is -2.31. The number of carbonyl (C=O) groups is 3. The number of para-hydroxylation sites is 1. The highest BCUT2D eigenvalue weighted by Gasteiger charge is 2.26. The van der Waals surface area contributed by atoms with Crippen LogP contribution in [0, 0.1) is 5.41 Å². The molecule has 0 aromatic heterocycles. The Morgan fingerprint density at radius 3 is 2.23 bits per heavy atom. The van der Waals surface area contributed by atoms with Crippen LogP contribution in [0.25, 0.3) is 0 Å². The summed E-state index contributed by atoms with van der Waals surface area (Å²) in [7, 11) is 3.15. The van der Waals surface area contributed by atoms with Gasteiger partial charge in [0.05, 0.1) is 17.3 Å². The number of phenols is 1. The molecule has 7 heteroatoms. The summed E-state index contributed by atoms with van der Waals surface area (Å²) in [4.78, 5) is 37.1. The number of benzene rings is 2. The molecule has 0 saturated heterocycles. The molecule has 0 heterocycles. The van der Waals surface area contributed by atoms with Gasteiger partial charge in [0.15, 0.2) is 12.0 Å².